The number of para-hydroxylation sites is 2. The van der Waals surface area contributed by atoms with Crippen molar-refractivity contribution in [1.82, 2.24) is 8.97 Å². The summed E-state index contributed by atoms with van der Waals surface area (Å²) in [6.45, 7) is -3.03. The van der Waals surface area contributed by atoms with Crippen molar-refractivity contribution in [3.63, 3.8) is 0 Å². The Balaban J connectivity index is 1.54. The molecule has 0 saturated heterocycles. The van der Waals surface area contributed by atoms with Crippen LogP contribution in [0.25, 0.3) is 55.5 Å². The average Bonchev–Trinajstić information content (AvgIpc) is 3.70. The molecule has 2 nitrogen and oxygen atoms in total. The van der Waals surface area contributed by atoms with Gasteiger partial charge in [-0.25, -0.2) is 0 Å². The van der Waals surface area contributed by atoms with Crippen LogP contribution in [-0.4, -0.2) is 15.7 Å². The van der Waals surface area contributed by atoms with Crippen LogP contribution in [0.1, 0.15) is 22.0 Å². The van der Waals surface area contributed by atoms with Crippen molar-refractivity contribution in [2.24, 2.45) is 0 Å². The highest BCUT2D eigenvalue weighted by molar-refractivity contribution is 7.02. The maximum atomic E-state index is 9.13. The Kier molecular flexibility index (Phi) is 1.96. The van der Waals surface area contributed by atoms with E-state index in [9.17, 15) is 0 Å². The summed E-state index contributed by atoms with van der Waals surface area (Å²) in [6.07, 6.45) is 0. The monoisotopic (exact) mass is 468 g/mol. The van der Waals surface area contributed by atoms with Crippen molar-refractivity contribution in [2.45, 2.75) is 6.85 Å². The third-order valence-corrected chi connectivity index (χ3v) is 7.60. The lowest BCUT2D eigenvalue weighted by molar-refractivity contribution is 1.16. The maximum Gasteiger partial charge on any atom is 0.251 e. The molecular formula is C33H21BN2. The molecule has 9 rings (SSSR count). The van der Waals surface area contributed by atoms with E-state index in [0.717, 1.165) is 21.9 Å². The van der Waals surface area contributed by atoms with Gasteiger partial charge in [0.25, 0.3) is 6.71 Å². The van der Waals surface area contributed by atoms with Gasteiger partial charge in [0.15, 0.2) is 0 Å². The first kappa shape index (κ1) is 11.1. The molecule has 0 fully saturated rings. The summed E-state index contributed by atoms with van der Waals surface area (Å²) in [5, 5.41) is 0.745. The molecule has 2 aliphatic rings. The number of hydrogen-bond donors (Lipinski definition) is 0. The number of aromatic nitrogens is 2. The Labute approximate surface area is 226 Å². The Hall–Kier alpha value is -4.50. The van der Waals surface area contributed by atoms with Gasteiger partial charge in [0.1, 0.15) is 5.65 Å². The van der Waals surface area contributed by atoms with Gasteiger partial charge in [0.2, 0.25) is 0 Å². The molecule has 36 heavy (non-hydrogen) atoms. The Morgan fingerprint density at radius 2 is 1.56 bits per heavy atom. The number of aryl methyl sites for hydroxylation is 1. The van der Waals surface area contributed by atoms with Gasteiger partial charge in [0, 0.05) is 9.80 Å². The van der Waals surface area contributed by atoms with E-state index in [4.69, 9.17) is 16.4 Å². The van der Waals surface area contributed by atoms with Crippen LogP contribution in [0.5, 0.6) is 0 Å². The zero-order valence-corrected chi connectivity index (χ0v) is 18.7. The Morgan fingerprint density at radius 3 is 2.44 bits per heavy atom. The SMILES string of the molecule is [2H]c1c([2H])c([2H])c(-c2cc3c4c(c2)-n2c5ccccc5n5c6cc(C([2H])([2H])[2H])ccc6c(c25)B4c2c([2H])c([2H])c([2H])c([2H])c2-3)c([2H])c1[2H]. The van der Waals surface area contributed by atoms with Crippen LogP contribution in [0.15, 0.2) is 109 Å². The average molecular weight is 468 g/mol. The van der Waals surface area contributed by atoms with Gasteiger partial charge in [-0.3, -0.25) is 8.97 Å². The summed E-state index contributed by atoms with van der Waals surface area (Å²) in [7, 11) is 0. The molecular weight excluding hydrogens is 435 g/mol. The molecule has 2 aliphatic heterocycles. The highest BCUT2D eigenvalue weighted by Crippen LogP contribution is 2.39. The van der Waals surface area contributed by atoms with Crippen molar-refractivity contribution in [2.75, 3.05) is 0 Å². The minimum Gasteiger partial charge on any atom is -0.295 e. The second kappa shape index (κ2) is 6.38. The number of fused-ring (bicyclic) bond motifs is 11. The second-order valence-corrected chi connectivity index (χ2v) is 9.31. The molecule has 0 N–H and O–H groups in total. The summed E-state index contributed by atoms with van der Waals surface area (Å²) in [4.78, 5) is 0. The summed E-state index contributed by atoms with van der Waals surface area (Å²) < 4.78 is 106. The minimum atomic E-state index is -2.37. The predicted molar refractivity (Wildman–Crippen MR) is 152 cm³/mol. The molecule has 3 heteroatoms. The molecule has 0 unspecified atom stereocenters. The van der Waals surface area contributed by atoms with Gasteiger partial charge in [-0.15, -0.1) is 0 Å². The van der Waals surface area contributed by atoms with E-state index in [1.165, 1.54) is 0 Å². The summed E-state index contributed by atoms with van der Waals surface area (Å²) in [5.74, 6) is 0. The van der Waals surface area contributed by atoms with Crippen LogP contribution in [0.2, 0.25) is 0 Å². The highest BCUT2D eigenvalue weighted by atomic mass is 15.1. The van der Waals surface area contributed by atoms with Crippen molar-refractivity contribution < 1.29 is 16.4 Å². The van der Waals surface area contributed by atoms with Gasteiger partial charge >= 0.3 is 0 Å². The van der Waals surface area contributed by atoms with Gasteiger partial charge in [-0.1, -0.05) is 84.1 Å². The van der Waals surface area contributed by atoms with Crippen molar-refractivity contribution in [3.8, 4) is 27.9 Å². The zero-order chi connectivity index (χ0) is 33.9. The molecule has 166 valence electrons. The summed E-state index contributed by atoms with van der Waals surface area (Å²) >= 11 is 0. The number of rotatable bonds is 1. The first-order chi connectivity index (χ1) is 22.7. The predicted octanol–water partition coefficient (Wildman–Crippen LogP) is 5.82. The first-order valence-electron chi connectivity index (χ1n) is 17.7. The molecule has 0 bridgehead atoms. The molecule has 0 atom stereocenters. The van der Waals surface area contributed by atoms with E-state index in [1.54, 1.807) is 30.3 Å². The fraction of sp³-hybridized carbons (Fsp3) is 0.0303. The first-order valence-corrected chi connectivity index (χ1v) is 11.7. The number of imidazole rings is 1. The largest absolute Gasteiger partial charge is 0.295 e. The zero-order valence-electron chi connectivity index (χ0n) is 30.7. The van der Waals surface area contributed by atoms with Crippen LogP contribution in [-0.2, 0) is 0 Å². The van der Waals surface area contributed by atoms with E-state index in [1.807, 2.05) is 33.2 Å². The molecule has 4 heterocycles. The van der Waals surface area contributed by atoms with Crippen LogP contribution in [0.4, 0.5) is 0 Å². The molecule has 2 aromatic heterocycles. The second-order valence-electron chi connectivity index (χ2n) is 9.31. The number of benzene rings is 5. The molecule has 0 amide bonds. The van der Waals surface area contributed by atoms with E-state index in [-0.39, 0.29) is 46.9 Å². The van der Waals surface area contributed by atoms with Gasteiger partial charge in [-0.05, 0) is 81.3 Å². The van der Waals surface area contributed by atoms with Crippen LogP contribution in [0.3, 0.4) is 0 Å². The molecule has 0 radical (unpaired) electrons. The van der Waals surface area contributed by atoms with Crippen LogP contribution < -0.4 is 16.4 Å². The number of nitrogens with zero attached hydrogens (tertiary/aromatic N) is 2. The third kappa shape index (κ3) is 2.11. The van der Waals surface area contributed by atoms with E-state index in [2.05, 4.69) is 0 Å². The lowest BCUT2D eigenvalue weighted by Crippen LogP contribution is -2.53. The van der Waals surface area contributed by atoms with Crippen molar-refractivity contribution in [1.29, 1.82) is 0 Å². The highest BCUT2D eigenvalue weighted by Gasteiger charge is 2.43. The maximum absolute atomic E-state index is 9.13. The van der Waals surface area contributed by atoms with Gasteiger partial charge in [0.05, 0.1) is 28.9 Å². The molecule has 7 aromatic rings. The fourth-order valence-electron chi connectivity index (χ4n) is 6.30. The quantitative estimate of drug-likeness (QED) is 0.269. The summed E-state index contributed by atoms with van der Waals surface area (Å²) in [5.41, 5.74) is 6.55. The molecule has 0 aliphatic carbocycles. The lowest BCUT2D eigenvalue weighted by atomic mass is 9.37. The normalized spacial score (nSPS) is 18.2. The molecule has 5 aromatic carbocycles. The van der Waals surface area contributed by atoms with Crippen molar-refractivity contribution >= 4 is 50.7 Å². The molecule has 0 spiro atoms. The smallest absolute Gasteiger partial charge is 0.251 e. The van der Waals surface area contributed by atoms with Gasteiger partial charge in [-0.2, -0.15) is 0 Å². The lowest BCUT2D eigenvalue weighted by Gasteiger charge is -2.23. The van der Waals surface area contributed by atoms with Crippen molar-refractivity contribution in [3.05, 3.63) is 115 Å². The van der Waals surface area contributed by atoms with Crippen LogP contribution in [0, 0.1) is 6.85 Å². The number of hydrogen-bond acceptors (Lipinski definition) is 0. The summed E-state index contributed by atoms with van der Waals surface area (Å²) in [6, 6.07) is 12.6. The van der Waals surface area contributed by atoms with E-state index < -0.39 is 37.7 Å². The molecule has 0 saturated carbocycles. The van der Waals surface area contributed by atoms with E-state index >= 15 is 0 Å². The third-order valence-electron chi connectivity index (χ3n) is 7.60. The Morgan fingerprint density at radius 1 is 0.722 bits per heavy atom. The minimum absolute atomic E-state index is 0.0213. The van der Waals surface area contributed by atoms with Crippen LogP contribution >= 0.6 is 0 Å². The van der Waals surface area contributed by atoms with E-state index in [0.29, 0.717) is 38.9 Å². The standard InChI is InChI=1S/C33H21BN2/c1-20-15-16-24-29(17-20)35-27-13-7-8-14-28(27)36-30-19-22(21-9-3-2-4-10-21)18-25-23-11-5-6-12-26(23)34(31(25)30)32(24)33(35)36/h2-19H,1H3/i1D3,2D,3D,4D,5D,6D,9D,10D,11D,12D. The fourth-order valence-corrected chi connectivity index (χ4v) is 6.30. The van der Waals surface area contributed by atoms with Gasteiger partial charge < -0.3 is 0 Å². The topological polar surface area (TPSA) is 9.34 Å². The Bertz CT molecular complexity index is 2640.